The Kier molecular flexibility index (Phi) is 3.40. The van der Waals surface area contributed by atoms with Crippen LogP contribution in [0.5, 0.6) is 0 Å². The van der Waals surface area contributed by atoms with Crippen LogP contribution in [0.4, 0.5) is 5.95 Å². The number of hydrogen-bond acceptors (Lipinski definition) is 4. The minimum Gasteiger partial charge on any atom is -0.339 e. The fraction of sp³-hybridized carbons (Fsp3) is 0.600. The van der Waals surface area contributed by atoms with Crippen molar-refractivity contribution >= 4 is 28.5 Å². The van der Waals surface area contributed by atoms with E-state index < -0.39 is 0 Å². The predicted octanol–water partition coefficient (Wildman–Crippen LogP) is 1.25. The highest BCUT2D eigenvalue weighted by Crippen LogP contribution is 2.19. The highest BCUT2D eigenvalue weighted by Gasteiger charge is 2.24. The van der Waals surface area contributed by atoms with Crippen LogP contribution in [0, 0.1) is 9.49 Å². The largest absolute Gasteiger partial charge is 0.339 e. The SMILES string of the molecule is CC1CCN(c2ncc(I)cn2)CC1N. The third-order valence-corrected chi connectivity index (χ3v) is 3.46. The van der Waals surface area contributed by atoms with E-state index in [4.69, 9.17) is 5.73 Å². The summed E-state index contributed by atoms with van der Waals surface area (Å²) in [6.45, 7) is 4.08. The molecule has 82 valence electrons. The van der Waals surface area contributed by atoms with Crippen LogP contribution < -0.4 is 10.6 Å². The summed E-state index contributed by atoms with van der Waals surface area (Å²) in [7, 11) is 0. The normalized spacial score (nSPS) is 26.7. The first-order valence-corrected chi connectivity index (χ1v) is 6.23. The molecule has 0 aromatic carbocycles. The fourth-order valence-electron chi connectivity index (χ4n) is 1.75. The smallest absolute Gasteiger partial charge is 0.225 e. The first-order chi connectivity index (χ1) is 7.16. The average molecular weight is 318 g/mol. The van der Waals surface area contributed by atoms with Crippen LogP contribution in [-0.4, -0.2) is 29.1 Å². The van der Waals surface area contributed by atoms with Gasteiger partial charge in [0.25, 0.3) is 0 Å². The molecule has 15 heavy (non-hydrogen) atoms. The maximum absolute atomic E-state index is 6.04. The molecule has 2 N–H and O–H groups in total. The predicted molar refractivity (Wildman–Crippen MR) is 68.7 cm³/mol. The number of nitrogens with zero attached hydrogens (tertiary/aromatic N) is 3. The van der Waals surface area contributed by atoms with Gasteiger partial charge in [-0.2, -0.15) is 0 Å². The second kappa shape index (κ2) is 4.61. The molecule has 2 unspecified atom stereocenters. The maximum atomic E-state index is 6.04. The lowest BCUT2D eigenvalue weighted by molar-refractivity contribution is 0.376. The Morgan fingerprint density at radius 1 is 1.47 bits per heavy atom. The van der Waals surface area contributed by atoms with Gasteiger partial charge in [0.2, 0.25) is 5.95 Å². The number of hydrogen-bond donors (Lipinski definition) is 1. The lowest BCUT2D eigenvalue weighted by atomic mass is 9.95. The summed E-state index contributed by atoms with van der Waals surface area (Å²) in [5, 5.41) is 0. The monoisotopic (exact) mass is 318 g/mol. The van der Waals surface area contributed by atoms with Crippen LogP contribution in [-0.2, 0) is 0 Å². The molecule has 1 aromatic heterocycles. The molecule has 2 heterocycles. The summed E-state index contributed by atoms with van der Waals surface area (Å²) in [4.78, 5) is 10.8. The van der Waals surface area contributed by atoms with Crippen LogP contribution in [0.3, 0.4) is 0 Å². The van der Waals surface area contributed by atoms with Crippen molar-refractivity contribution < 1.29 is 0 Å². The Balaban J connectivity index is 2.08. The van der Waals surface area contributed by atoms with Gasteiger partial charge in [0.1, 0.15) is 0 Å². The van der Waals surface area contributed by atoms with Crippen LogP contribution in [0.25, 0.3) is 0 Å². The van der Waals surface area contributed by atoms with E-state index >= 15 is 0 Å². The lowest BCUT2D eigenvalue weighted by Crippen LogP contribution is -2.48. The van der Waals surface area contributed by atoms with E-state index in [0.29, 0.717) is 5.92 Å². The van der Waals surface area contributed by atoms with Gasteiger partial charge >= 0.3 is 0 Å². The molecule has 1 fully saturated rings. The number of halogens is 1. The van der Waals surface area contributed by atoms with Crippen molar-refractivity contribution in [3.8, 4) is 0 Å². The van der Waals surface area contributed by atoms with Crippen molar-refractivity contribution in [2.24, 2.45) is 11.7 Å². The summed E-state index contributed by atoms with van der Waals surface area (Å²) in [6, 6.07) is 0.238. The van der Waals surface area contributed by atoms with Gasteiger partial charge in [0, 0.05) is 35.1 Å². The summed E-state index contributed by atoms with van der Waals surface area (Å²) in [5.74, 6) is 1.41. The van der Waals surface area contributed by atoms with E-state index in [9.17, 15) is 0 Å². The summed E-state index contributed by atoms with van der Waals surface area (Å²) >= 11 is 2.21. The van der Waals surface area contributed by atoms with Crippen LogP contribution in [0.15, 0.2) is 12.4 Å². The van der Waals surface area contributed by atoms with Crippen molar-refractivity contribution in [3.63, 3.8) is 0 Å². The van der Waals surface area contributed by atoms with Gasteiger partial charge in [-0.05, 0) is 34.9 Å². The first-order valence-electron chi connectivity index (χ1n) is 5.15. The van der Waals surface area contributed by atoms with E-state index in [-0.39, 0.29) is 6.04 Å². The lowest BCUT2D eigenvalue weighted by Gasteiger charge is -2.34. The zero-order valence-corrected chi connectivity index (χ0v) is 10.9. The third-order valence-electron chi connectivity index (χ3n) is 2.91. The summed E-state index contributed by atoms with van der Waals surface area (Å²) < 4.78 is 1.06. The fourth-order valence-corrected chi connectivity index (χ4v) is 2.03. The molecule has 1 aliphatic heterocycles. The van der Waals surface area contributed by atoms with E-state index in [1.165, 1.54) is 0 Å². The van der Waals surface area contributed by atoms with E-state index in [0.717, 1.165) is 29.0 Å². The zero-order valence-electron chi connectivity index (χ0n) is 8.73. The molecular weight excluding hydrogens is 303 g/mol. The molecule has 1 aromatic rings. The molecule has 1 saturated heterocycles. The molecule has 5 heteroatoms. The first kappa shape index (κ1) is 11.1. The van der Waals surface area contributed by atoms with Crippen molar-refractivity contribution in [2.45, 2.75) is 19.4 Å². The quantitative estimate of drug-likeness (QED) is 0.792. The number of nitrogens with two attached hydrogens (primary N) is 1. The molecule has 0 amide bonds. The van der Waals surface area contributed by atoms with Crippen molar-refractivity contribution in [3.05, 3.63) is 16.0 Å². The van der Waals surface area contributed by atoms with Crippen molar-refractivity contribution in [1.82, 2.24) is 9.97 Å². The topological polar surface area (TPSA) is 55.0 Å². The average Bonchev–Trinajstić information content (AvgIpc) is 2.23. The highest BCUT2D eigenvalue weighted by atomic mass is 127. The van der Waals surface area contributed by atoms with Gasteiger partial charge in [0.15, 0.2) is 0 Å². The molecule has 0 bridgehead atoms. The molecule has 2 atom stereocenters. The Morgan fingerprint density at radius 3 is 2.73 bits per heavy atom. The van der Waals surface area contributed by atoms with E-state index in [1.54, 1.807) is 0 Å². The Bertz CT molecular complexity index is 327. The van der Waals surface area contributed by atoms with Gasteiger partial charge in [-0.1, -0.05) is 6.92 Å². The van der Waals surface area contributed by atoms with Crippen LogP contribution in [0.2, 0.25) is 0 Å². The van der Waals surface area contributed by atoms with Gasteiger partial charge in [-0.25, -0.2) is 9.97 Å². The van der Waals surface area contributed by atoms with Gasteiger partial charge in [-0.3, -0.25) is 0 Å². The number of anilines is 1. The Labute approximate surface area is 103 Å². The van der Waals surface area contributed by atoms with Gasteiger partial charge in [0.05, 0.1) is 0 Å². The molecule has 4 nitrogen and oxygen atoms in total. The van der Waals surface area contributed by atoms with Crippen LogP contribution >= 0.6 is 22.6 Å². The highest BCUT2D eigenvalue weighted by molar-refractivity contribution is 14.1. The van der Waals surface area contributed by atoms with Crippen LogP contribution in [0.1, 0.15) is 13.3 Å². The molecule has 0 aliphatic carbocycles. The third kappa shape index (κ3) is 2.57. The summed E-state index contributed by atoms with van der Waals surface area (Å²) in [6.07, 6.45) is 4.80. The Hall–Kier alpha value is -0.430. The van der Waals surface area contributed by atoms with E-state index in [2.05, 4.69) is 44.4 Å². The Morgan fingerprint density at radius 2 is 2.13 bits per heavy atom. The number of aromatic nitrogens is 2. The standard InChI is InChI=1S/C10H15IN4/c1-7-2-3-15(6-9(7)12)10-13-4-8(11)5-14-10/h4-5,7,9H,2-3,6,12H2,1H3. The minimum absolute atomic E-state index is 0.238. The second-order valence-corrected chi connectivity index (χ2v) is 5.32. The molecule has 0 spiro atoms. The molecule has 0 radical (unpaired) electrons. The molecular formula is C10H15IN4. The molecule has 0 saturated carbocycles. The molecule has 1 aliphatic rings. The van der Waals surface area contributed by atoms with Crippen molar-refractivity contribution in [2.75, 3.05) is 18.0 Å². The summed E-state index contributed by atoms with van der Waals surface area (Å²) in [5.41, 5.74) is 6.04. The van der Waals surface area contributed by atoms with Gasteiger partial charge in [-0.15, -0.1) is 0 Å². The molecule has 2 rings (SSSR count). The van der Waals surface area contributed by atoms with Gasteiger partial charge < -0.3 is 10.6 Å². The second-order valence-electron chi connectivity index (χ2n) is 4.08. The zero-order chi connectivity index (χ0) is 10.8. The number of piperidine rings is 1. The van der Waals surface area contributed by atoms with E-state index in [1.807, 2.05) is 12.4 Å². The number of rotatable bonds is 1. The minimum atomic E-state index is 0.238. The maximum Gasteiger partial charge on any atom is 0.225 e. The van der Waals surface area contributed by atoms with Crippen molar-refractivity contribution in [1.29, 1.82) is 0 Å².